The third-order valence-electron chi connectivity index (χ3n) is 4.94. The lowest BCUT2D eigenvalue weighted by Gasteiger charge is -2.20. The average molecular weight is 263 g/mol. The third kappa shape index (κ3) is 1.93. The molecular formula is C15H25N3O. The van der Waals surface area contributed by atoms with Crippen LogP contribution in [-0.2, 0) is 6.42 Å². The molecule has 19 heavy (non-hydrogen) atoms. The molecule has 2 saturated carbocycles. The topological polar surface area (TPSA) is 50.1 Å². The van der Waals surface area contributed by atoms with Crippen LogP contribution >= 0.6 is 0 Å². The quantitative estimate of drug-likeness (QED) is 0.869. The van der Waals surface area contributed by atoms with Gasteiger partial charge in [0, 0.05) is 23.7 Å². The summed E-state index contributed by atoms with van der Waals surface area (Å²) in [7, 11) is 1.95. The highest BCUT2D eigenvalue weighted by Gasteiger charge is 2.62. The normalized spacial score (nSPS) is 36.8. The number of hydrogen-bond acceptors (Lipinski definition) is 3. The van der Waals surface area contributed by atoms with E-state index in [-0.39, 0.29) is 12.1 Å². The van der Waals surface area contributed by atoms with Gasteiger partial charge < -0.3 is 10.4 Å². The minimum atomic E-state index is -0.194. The van der Waals surface area contributed by atoms with Gasteiger partial charge in [-0.2, -0.15) is 5.10 Å². The van der Waals surface area contributed by atoms with Crippen LogP contribution in [0.2, 0.25) is 0 Å². The molecule has 3 rings (SSSR count). The fourth-order valence-corrected chi connectivity index (χ4v) is 3.87. The lowest BCUT2D eigenvalue weighted by molar-refractivity contribution is 0.125. The molecule has 5 unspecified atom stereocenters. The predicted octanol–water partition coefficient (Wildman–Crippen LogP) is 1.71. The largest absolute Gasteiger partial charge is 0.391 e. The van der Waals surface area contributed by atoms with Crippen molar-refractivity contribution in [2.75, 3.05) is 7.05 Å². The molecule has 2 aliphatic carbocycles. The number of rotatable bonds is 4. The Morgan fingerprint density at radius 1 is 1.53 bits per heavy atom. The molecule has 1 heterocycles. The van der Waals surface area contributed by atoms with Crippen LogP contribution in [0.25, 0.3) is 0 Å². The first-order valence-electron chi connectivity index (χ1n) is 7.52. The highest BCUT2D eigenvalue weighted by Crippen LogP contribution is 2.63. The first kappa shape index (κ1) is 13.1. The van der Waals surface area contributed by atoms with E-state index in [1.165, 1.54) is 11.4 Å². The van der Waals surface area contributed by atoms with Gasteiger partial charge in [-0.3, -0.25) is 4.68 Å². The number of aromatic nitrogens is 2. The van der Waals surface area contributed by atoms with Gasteiger partial charge in [-0.25, -0.2) is 0 Å². The van der Waals surface area contributed by atoms with Crippen molar-refractivity contribution in [3.63, 3.8) is 0 Å². The minimum Gasteiger partial charge on any atom is -0.391 e. The number of aryl methyl sites for hydroxylation is 1. The van der Waals surface area contributed by atoms with E-state index < -0.39 is 0 Å². The summed E-state index contributed by atoms with van der Waals surface area (Å²) in [5.74, 6) is 1.61. The van der Waals surface area contributed by atoms with Gasteiger partial charge in [0.2, 0.25) is 0 Å². The predicted molar refractivity (Wildman–Crippen MR) is 75.2 cm³/mol. The molecule has 4 heteroatoms. The van der Waals surface area contributed by atoms with Gasteiger partial charge in [0.25, 0.3) is 0 Å². The van der Waals surface area contributed by atoms with Crippen LogP contribution in [0.1, 0.15) is 50.5 Å². The van der Waals surface area contributed by atoms with Crippen LogP contribution in [0, 0.1) is 11.8 Å². The monoisotopic (exact) mass is 263 g/mol. The number of nitrogens with zero attached hydrogens (tertiary/aromatic N) is 2. The summed E-state index contributed by atoms with van der Waals surface area (Å²) in [6.07, 6.45) is 1.88. The molecule has 0 aromatic carbocycles. The molecule has 0 spiro atoms. The van der Waals surface area contributed by atoms with Gasteiger partial charge in [-0.05, 0) is 51.6 Å². The zero-order chi connectivity index (χ0) is 13.7. The van der Waals surface area contributed by atoms with Gasteiger partial charge in [0.15, 0.2) is 0 Å². The lowest BCUT2D eigenvalue weighted by atomic mass is 10.0. The fraction of sp³-hybridized carbons (Fsp3) is 0.800. The fourth-order valence-electron chi connectivity index (χ4n) is 3.87. The maximum atomic E-state index is 10.3. The minimum absolute atomic E-state index is 0.194. The number of likely N-dealkylation sites (N-methyl/N-ethyl adjacent to an activating group) is 1. The van der Waals surface area contributed by atoms with E-state index in [1.54, 1.807) is 0 Å². The van der Waals surface area contributed by atoms with Crippen LogP contribution in [-0.4, -0.2) is 34.1 Å². The zero-order valence-corrected chi connectivity index (χ0v) is 12.3. The second-order valence-electron chi connectivity index (χ2n) is 6.34. The average Bonchev–Trinajstić information content (AvgIpc) is 2.78. The Hall–Kier alpha value is -0.870. The highest BCUT2D eigenvalue weighted by atomic mass is 16.3. The molecule has 1 aromatic heterocycles. The summed E-state index contributed by atoms with van der Waals surface area (Å²) >= 11 is 0. The maximum absolute atomic E-state index is 10.3. The summed E-state index contributed by atoms with van der Waals surface area (Å²) < 4.78 is 2.17. The number of fused-ring (bicyclic) bond motifs is 1. The molecule has 2 N–H and O–H groups in total. The van der Waals surface area contributed by atoms with Crippen molar-refractivity contribution in [1.29, 1.82) is 0 Å². The molecule has 0 saturated heterocycles. The first-order valence-corrected chi connectivity index (χ1v) is 7.52. The van der Waals surface area contributed by atoms with Crippen molar-refractivity contribution in [3.8, 4) is 0 Å². The third-order valence-corrected chi connectivity index (χ3v) is 4.94. The summed E-state index contributed by atoms with van der Waals surface area (Å²) in [6.45, 7) is 6.51. The van der Waals surface area contributed by atoms with Crippen molar-refractivity contribution in [3.05, 3.63) is 17.5 Å². The Bertz CT molecular complexity index is 468. The molecule has 106 valence electrons. The van der Waals surface area contributed by atoms with Gasteiger partial charge in [0.05, 0.1) is 11.8 Å². The number of nitrogens with one attached hydrogen (secondary N) is 1. The van der Waals surface area contributed by atoms with E-state index in [2.05, 4.69) is 36.8 Å². The van der Waals surface area contributed by atoms with Crippen molar-refractivity contribution in [2.24, 2.45) is 11.8 Å². The Morgan fingerprint density at radius 3 is 2.74 bits per heavy atom. The molecule has 4 nitrogen and oxygen atoms in total. The van der Waals surface area contributed by atoms with Gasteiger partial charge in [-0.15, -0.1) is 0 Å². The van der Waals surface area contributed by atoms with E-state index in [0.717, 1.165) is 12.8 Å². The molecule has 1 aromatic rings. The molecule has 0 radical (unpaired) electrons. The van der Waals surface area contributed by atoms with Gasteiger partial charge in [0.1, 0.15) is 0 Å². The Labute approximate surface area is 115 Å². The molecule has 0 aliphatic heterocycles. The van der Waals surface area contributed by atoms with Crippen molar-refractivity contribution >= 4 is 0 Å². The van der Waals surface area contributed by atoms with Crippen molar-refractivity contribution in [1.82, 2.24) is 15.1 Å². The van der Waals surface area contributed by atoms with E-state index in [4.69, 9.17) is 5.10 Å². The number of aliphatic hydroxyl groups is 1. The Morgan fingerprint density at radius 2 is 2.26 bits per heavy atom. The van der Waals surface area contributed by atoms with Gasteiger partial charge in [-0.1, -0.05) is 6.92 Å². The summed E-state index contributed by atoms with van der Waals surface area (Å²) in [4.78, 5) is 0. The van der Waals surface area contributed by atoms with Crippen molar-refractivity contribution < 1.29 is 5.11 Å². The van der Waals surface area contributed by atoms with E-state index >= 15 is 0 Å². The zero-order valence-electron chi connectivity index (χ0n) is 12.3. The molecule has 2 fully saturated rings. The Balaban J connectivity index is 1.84. The first-order chi connectivity index (χ1) is 9.08. The van der Waals surface area contributed by atoms with E-state index in [1.807, 2.05) is 7.05 Å². The van der Waals surface area contributed by atoms with Crippen LogP contribution in [0.3, 0.4) is 0 Å². The van der Waals surface area contributed by atoms with Crippen LogP contribution in [0.5, 0.6) is 0 Å². The number of aliphatic hydroxyl groups excluding tert-OH is 1. The molecule has 5 atom stereocenters. The number of hydrogen-bond donors (Lipinski definition) is 2. The van der Waals surface area contributed by atoms with Crippen LogP contribution in [0.15, 0.2) is 6.07 Å². The molecule has 0 amide bonds. The smallest absolute Gasteiger partial charge is 0.0730 e. The van der Waals surface area contributed by atoms with E-state index in [0.29, 0.717) is 23.8 Å². The highest BCUT2D eigenvalue weighted by molar-refractivity contribution is 5.29. The van der Waals surface area contributed by atoms with Crippen LogP contribution < -0.4 is 5.32 Å². The van der Waals surface area contributed by atoms with Crippen LogP contribution in [0.4, 0.5) is 0 Å². The summed E-state index contributed by atoms with van der Waals surface area (Å²) in [5, 5.41) is 18.3. The van der Waals surface area contributed by atoms with Gasteiger partial charge >= 0.3 is 0 Å². The standard InChI is InChI=1S/C15H25N3O/c1-5-9-6-12(18(17-9)8(2)3)13-10-7-11(16-4)15(19)14(10)13/h6,8,10-11,13-16,19H,5,7H2,1-4H3. The maximum Gasteiger partial charge on any atom is 0.0730 e. The van der Waals surface area contributed by atoms with Crippen molar-refractivity contribution in [2.45, 2.75) is 57.7 Å². The Kier molecular flexibility index (Phi) is 3.18. The molecule has 2 aliphatic rings. The van der Waals surface area contributed by atoms with E-state index in [9.17, 15) is 5.11 Å². The second-order valence-corrected chi connectivity index (χ2v) is 6.34. The molecule has 0 bridgehead atoms. The second kappa shape index (κ2) is 4.60. The SMILES string of the molecule is CCc1cc(C2C3CC(NC)C(O)C32)n(C(C)C)n1. The molecular weight excluding hydrogens is 238 g/mol. The summed E-state index contributed by atoms with van der Waals surface area (Å²) in [6, 6.07) is 2.94. The lowest BCUT2D eigenvalue weighted by Crippen LogP contribution is -2.36. The summed E-state index contributed by atoms with van der Waals surface area (Å²) in [5.41, 5.74) is 2.52.